The van der Waals surface area contributed by atoms with E-state index in [4.69, 9.17) is 9.47 Å². The maximum atomic E-state index is 5.34. The molecule has 1 aliphatic rings. The van der Waals surface area contributed by atoms with Crippen molar-refractivity contribution in [3.63, 3.8) is 0 Å². The molecule has 2 aromatic rings. The predicted octanol–water partition coefficient (Wildman–Crippen LogP) is 2.63. The highest BCUT2D eigenvalue weighted by Crippen LogP contribution is 2.46. The molecule has 0 N–H and O–H groups in total. The van der Waals surface area contributed by atoms with E-state index in [1.807, 2.05) is 12.1 Å². The van der Waals surface area contributed by atoms with Crippen LogP contribution in [0.4, 0.5) is 0 Å². The molecule has 1 aliphatic heterocycles. The van der Waals surface area contributed by atoms with Crippen LogP contribution in [-0.4, -0.2) is 6.79 Å². The fourth-order valence-corrected chi connectivity index (χ4v) is 2.36. The Bertz CT molecular complexity index is 433. The summed E-state index contributed by atoms with van der Waals surface area (Å²) in [5, 5.41) is 2.08. The fourth-order valence-electron chi connectivity index (χ4n) is 1.37. The van der Waals surface area contributed by atoms with E-state index >= 15 is 0 Å². The lowest BCUT2D eigenvalue weighted by atomic mass is 10.2. The first-order valence-corrected chi connectivity index (χ1v) is 4.54. The lowest BCUT2D eigenvalue weighted by Gasteiger charge is -1.92. The molecule has 3 heteroatoms. The Kier molecular flexibility index (Phi) is 1.12. The molecule has 0 fully saturated rings. The van der Waals surface area contributed by atoms with Crippen LogP contribution in [0.25, 0.3) is 10.1 Å². The molecule has 1 aromatic carbocycles. The second-order valence-corrected chi connectivity index (χ2v) is 3.64. The van der Waals surface area contributed by atoms with E-state index in [1.165, 1.54) is 4.70 Å². The number of rotatable bonds is 0. The molecular weight excluding hydrogens is 172 g/mol. The Morgan fingerprint density at radius 2 is 2.08 bits per heavy atom. The summed E-state index contributed by atoms with van der Waals surface area (Å²) in [5.74, 6) is 0.913. The van der Waals surface area contributed by atoms with E-state index in [0.717, 1.165) is 16.2 Å². The van der Waals surface area contributed by atoms with Gasteiger partial charge in [0.2, 0.25) is 11.9 Å². The van der Waals surface area contributed by atoms with Crippen LogP contribution in [0.5, 0.6) is 10.8 Å². The summed E-state index contributed by atoms with van der Waals surface area (Å²) in [6.45, 7) is 0.367. The highest BCUT2D eigenvalue weighted by atomic mass is 32.1. The SMILES string of the molecule is c1ccc2c3c(sc2c1)OCO3. The maximum absolute atomic E-state index is 5.34. The molecule has 2 nitrogen and oxygen atoms in total. The van der Waals surface area contributed by atoms with Gasteiger partial charge in [0.15, 0.2) is 5.75 Å². The third-order valence-electron chi connectivity index (χ3n) is 1.91. The second-order valence-electron chi connectivity index (χ2n) is 2.62. The molecule has 0 amide bonds. The van der Waals surface area contributed by atoms with Crippen molar-refractivity contribution in [3.8, 4) is 10.8 Å². The molecule has 60 valence electrons. The summed E-state index contributed by atoms with van der Waals surface area (Å²) < 4.78 is 11.8. The monoisotopic (exact) mass is 178 g/mol. The van der Waals surface area contributed by atoms with Gasteiger partial charge in [-0.1, -0.05) is 23.5 Å². The number of hydrogen-bond donors (Lipinski definition) is 0. The van der Waals surface area contributed by atoms with E-state index in [0.29, 0.717) is 6.79 Å². The standard InChI is InChI=1S/C9H6O2S/c1-2-4-7-6(3-1)8-9(12-7)11-5-10-8/h1-4H,5H2. The molecule has 3 rings (SSSR count). The number of ether oxygens (including phenoxy) is 2. The fraction of sp³-hybridized carbons (Fsp3) is 0.111. The normalized spacial score (nSPS) is 14.0. The Hall–Kier alpha value is -1.22. The van der Waals surface area contributed by atoms with Crippen molar-refractivity contribution in [2.45, 2.75) is 0 Å². The van der Waals surface area contributed by atoms with Gasteiger partial charge in [-0.15, -0.1) is 0 Å². The molecule has 0 bridgehead atoms. The van der Waals surface area contributed by atoms with E-state index in [1.54, 1.807) is 11.3 Å². The number of thiophene rings is 1. The van der Waals surface area contributed by atoms with E-state index in [2.05, 4.69) is 12.1 Å². The van der Waals surface area contributed by atoms with Crippen LogP contribution in [-0.2, 0) is 0 Å². The lowest BCUT2D eigenvalue weighted by Crippen LogP contribution is -1.93. The minimum absolute atomic E-state index is 0.367. The lowest BCUT2D eigenvalue weighted by molar-refractivity contribution is 0.177. The molecule has 0 saturated heterocycles. The first kappa shape index (κ1) is 6.31. The summed E-state index contributed by atoms with van der Waals surface area (Å²) in [6, 6.07) is 8.16. The summed E-state index contributed by atoms with van der Waals surface area (Å²) >= 11 is 1.64. The topological polar surface area (TPSA) is 18.5 Å². The van der Waals surface area contributed by atoms with E-state index in [-0.39, 0.29) is 0 Å². The summed E-state index contributed by atoms with van der Waals surface area (Å²) in [7, 11) is 0. The minimum atomic E-state index is 0.367. The van der Waals surface area contributed by atoms with Gasteiger partial charge in [-0.2, -0.15) is 0 Å². The highest BCUT2D eigenvalue weighted by Gasteiger charge is 2.19. The van der Waals surface area contributed by atoms with Gasteiger partial charge in [-0.05, 0) is 12.1 Å². The van der Waals surface area contributed by atoms with Crippen LogP contribution in [0, 0.1) is 0 Å². The zero-order chi connectivity index (χ0) is 7.97. The van der Waals surface area contributed by atoms with E-state index in [9.17, 15) is 0 Å². The zero-order valence-electron chi connectivity index (χ0n) is 6.24. The van der Waals surface area contributed by atoms with Gasteiger partial charge in [0, 0.05) is 10.1 Å². The largest absolute Gasteiger partial charge is 0.452 e. The Morgan fingerprint density at radius 1 is 1.17 bits per heavy atom. The molecule has 0 aliphatic carbocycles. The van der Waals surface area contributed by atoms with Crippen LogP contribution in [0.1, 0.15) is 0 Å². The quantitative estimate of drug-likeness (QED) is 0.617. The average Bonchev–Trinajstić information content (AvgIpc) is 2.62. The Morgan fingerprint density at radius 3 is 3.08 bits per heavy atom. The van der Waals surface area contributed by atoms with Crippen LogP contribution in [0.15, 0.2) is 24.3 Å². The van der Waals surface area contributed by atoms with Crippen LogP contribution in [0.3, 0.4) is 0 Å². The molecule has 1 aromatic heterocycles. The van der Waals surface area contributed by atoms with Gasteiger partial charge in [-0.25, -0.2) is 0 Å². The number of fused-ring (bicyclic) bond motifs is 3. The minimum Gasteiger partial charge on any atom is -0.452 e. The van der Waals surface area contributed by atoms with Crippen molar-refractivity contribution < 1.29 is 9.47 Å². The van der Waals surface area contributed by atoms with Crippen molar-refractivity contribution in [2.75, 3.05) is 6.79 Å². The third-order valence-corrected chi connectivity index (χ3v) is 2.98. The molecule has 0 atom stereocenters. The summed E-state index contributed by atoms with van der Waals surface area (Å²) in [5.41, 5.74) is 0. The first-order valence-electron chi connectivity index (χ1n) is 3.72. The molecule has 0 radical (unpaired) electrons. The third kappa shape index (κ3) is 0.689. The van der Waals surface area contributed by atoms with E-state index < -0.39 is 0 Å². The zero-order valence-corrected chi connectivity index (χ0v) is 7.06. The Balaban J connectivity index is 2.44. The van der Waals surface area contributed by atoms with Crippen molar-refractivity contribution in [1.82, 2.24) is 0 Å². The van der Waals surface area contributed by atoms with Crippen molar-refractivity contribution in [1.29, 1.82) is 0 Å². The molecule has 0 unspecified atom stereocenters. The Labute approximate surface area is 73.3 Å². The summed E-state index contributed by atoms with van der Waals surface area (Å²) in [4.78, 5) is 0. The van der Waals surface area contributed by atoms with Crippen molar-refractivity contribution >= 4 is 21.4 Å². The second kappa shape index (κ2) is 2.14. The van der Waals surface area contributed by atoms with Gasteiger partial charge in [0.1, 0.15) is 0 Å². The predicted molar refractivity (Wildman–Crippen MR) is 47.9 cm³/mol. The molecule has 12 heavy (non-hydrogen) atoms. The number of benzene rings is 1. The van der Waals surface area contributed by atoms with Crippen LogP contribution < -0.4 is 9.47 Å². The summed E-state index contributed by atoms with van der Waals surface area (Å²) in [6.07, 6.45) is 0. The van der Waals surface area contributed by atoms with Gasteiger partial charge >= 0.3 is 0 Å². The first-order chi connectivity index (χ1) is 5.95. The molecule has 0 spiro atoms. The highest BCUT2D eigenvalue weighted by molar-refractivity contribution is 7.21. The van der Waals surface area contributed by atoms with Gasteiger partial charge in [0.25, 0.3) is 0 Å². The van der Waals surface area contributed by atoms with Crippen LogP contribution in [0.2, 0.25) is 0 Å². The van der Waals surface area contributed by atoms with Gasteiger partial charge < -0.3 is 9.47 Å². The smallest absolute Gasteiger partial charge is 0.232 e. The number of hydrogen-bond acceptors (Lipinski definition) is 3. The van der Waals surface area contributed by atoms with Gasteiger partial charge in [0.05, 0.1) is 0 Å². The maximum Gasteiger partial charge on any atom is 0.232 e. The van der Waals surface area contributed by atoms with Crippen LogP contribution >= 0.6 is 11.3 Å². The average molecular weight is 178 g/mol. The molecule has 2 heterocycles. The van der Waals surface area contributed by atoms with Gasteiger partial charge in [-0.3, -0.25) is 0 Å². The van der Waals surface area contributed by atoms with Crippen molar-refractivity contribution in [2.24, 2.45) is 0 Å². The van der Waals surface area contributed by atoms with Crippen molar-refractivity contribution in [3.05, 3.63) is 24.3 Å². The molecular formula is C9H6O2S. The molecule has 0 saturated carbocycles.